The molecule has 0 saturated heterocycles. The van der Waals surface area contributed by atoms with E-state index in [1.165, 1.54) is 0 Å². The zero-order valence-electron chi connectivity index (χ0n) is 5.99. The van der Waals surface area contributed by atoms with Gasteiger partial charge in [0, 0.05) is 18.1 Å². The van der Waals surface area contributed by atoms with Gasteiger partial charge in [-0.1, -0.05) is 12.7 Å². The monoisotopic (exact) mass is 134 g/mol. The number of rotatable bonds is 1. The van der Waals surface area contributed by atoms with Crippen LogP contribution in [0.5, 0.6) is 0 Å². The van der Waals surface area contributed by atoms with Crippen molar-refractivity contribution in [3.8, 4) is 0 Å². The van der Waals surface area contributed by atoms with E-state index < -0.39 is 0 Å². The van der Waals surface area contributed by atoms with E-state index in [1.807, 2.05) is 30.2 Å². The van der Waals surface area contributed by atoms with Gasteiger partial charge in [-0.15, -0.1) is 0 Å². The molecular formula is C8H10N2. The van der Waals surface area contributed by atoms with Gasteiger partial charge in [-0.3, -0.25) is 0 Å². The molecule has 0 N–H and O–H groups in total. The highest BCUT2D eigenvalue weighted by molar-refractivity contribution is 5.63. The first-order valence-corrected chi connectivity index (χ1v) is 3.14. The third kappa shape index (κ3) is 1.35. The summed E-state index contributed by atoms with van der Waals surface area (Å²) in [5.41, 5.74) is 0.938. The first kappa shape index (κ1) is 6.81. The smallest absolute Gasteiger partial charge is 0.0990 e. The topological polar surface area (TPSA) is 15.6 Å². The van der Waals surface area contributed by atoms with Crippen molar-refractivity contribution in [2.45, 2.75) is 6.92 Å². The van der Waals surface area contributed by atoms with Gasteiger partial charge in [-0.05, 0) is 13.0 Å². The number of hydrogen-bond donors (Lipinski definition) is 0. The van der Waals surface area contributed by atoms with Crippen molar-refractivity contribution in [3.05, 3.63) is 36.8 Å². The molecule has 1 rings (SSSR count). The third-order valence-corrected chi connectivity index (χ3v) is 1.19. The summed E-state index contributed by atoms with van der Waals surface area (Å²) in [6.45, 7) is 5.77. The fourth-order valence-corrected chi connectivity index (χ4v) is 0.694. The molecule has 0 bridgehead atoms. The van der Waals surface area contributed by atoms with Crippen LogP contribution in [0.1, 0.15) is 6.92 Å². The number of allylic oxidation sites excluding steroid dienone is 2. The summed E-state index contributed by atoms with van der Waals surface area (Å²) in [5.74, 6) is 0. The highest BCUT2D eigenvalue weighted by Gasteiger charge is 1.98. The van der Waals surface area contributed by atoms with Gasteiger partial charge >= 0.3 is 0 Å². The lowest BCUT2D eigenvalue weighted by Gasteiger charge is -2.15. The standard InChI is InChI=1S/C8H10N2/c1-3-6-10-7-9-5-4-8(10)2/h3-7H,2H2,1H3/b6-3-. The molecule has 0 unspecified atom stereocenters. The van der Waals surface area contributed by atoms with Gasteiger partial charge in [-0.25, -0.2) is 4.99 Å². The quantitative estimate of drug-likeness (QED) is 0.534. The van der Waals surface area contributed by atoms with Gasteiger partial charge in [0.15, 0.2) is 0 Å². The summed E-state index contributed by atoms with van der Waals surface area (Å²) in [7, 11) is 0. The van der Waals surface area contributed by atoms with Crippen LogP contribution in [-0.4, -0.2) is 11.2 Å². The highest BCUT2D eigenvalue weighted by Crippen LogP contribution is 2.05. The summed E-state index contributed by atoms with van der Waals surface area (Å²) >= 11 is 0. The van der Waals surface area contributed by atoms with E-state index in [0.29, 0.717) is 0 Å². The van der Waals surface area contributed by atoms with E-state index in [2.05, 4.69) is 11.6 Å². The molecule has 2 nitrogen and oxygen atoms in total. The molecule has 0 atom stereocenters. The summed E-state index contributed by atoms with van der Waals surface area (Å²) in [5, 5.41) is 0. The van der Waals surface area contributed by atoms with Gasteiger partial charge in [0.25, 0.3) is 0 Å². The second-order valence-corrected chi connectivity index (χ2v) is 1.96. The molecule has 2 heteroatoms. The second kappa shape index (κ2) is 3.01. The normalized spacial score (nSPS) is 17.3. The summed E-state index contributed by atoms with van der Waals surface area (Å²) < 4.78 is 0. The van der Waals surface area contributed by atoms with Crippen molar-refractivity contribution in [2.75, 3.05) is 0 Å². The minimum atomic E-state index is 0.938. The Hall–Kier alpha value is -1.31. The minimum Gasteiger partial charge on any atom is -0.309 e. The molecule has 0 amide bonds. The first-order valence-electron chi connectivity index (χ1n) is 3.14. The van der Waals surface area contributed by atoms with E-state index in [1.54, 1.807) is 12.5 Å². The Kier molecular flexibility index (Phi) is 2.05. The van der Waals surface area contributed by atoms with Gasteiger partial charge < -0.3 is 4.90 Å². The zero-order valence-corrected chi connectivity index (χ0v) is 5.99. The molecule has 1 aliphatic heterocycles. The molecule has 0 aliphatic carbocycles. The van der Waals surface area contributed by atoms with Gasteiger partial charge in [0.1, 0.15) is 0 Å². The van der Waals surface area contributed by atoms with Crippen LogP contribution in [0.15, 0.2) is 41.8 Å². The lowest BCUT2D eigenvalue weighted by atomic mass is 10.4. The van der Waals surface area contributed by atoms with Crippen molar-refractivity contribution >= 4 is 6.34 Å². The molecule has 0 spiro atoms. The van der Waals surface area contributed by atoms with E-state index in [0.717, 1.165) is 5.70 Å². The van der Waals surface area contributed by atoms with Crippen LogP contribution in [0.4, 0.5) is 0 Å². The number of nitrogens with zero attached hydrogens (tertiary/aromatic N) is 2. The van der Waals surface area contributed by atoms with Crippen LogP contribution in [0.2, 0.25) is 0 Å². The maximum absolute atomic E-state index is 3.94. The summed E-state index contributed by atoms with van der Waals surface area (Å²) in [6, 6.07) is 0. The molecule has 1 aliphatic rings. The Morgan fingerprint density at radius 3 is 3.10 bits per heavy atom. The van der Waals surface area contributed by atoms with E-state index >= 15 is 0 Å². The Morgan fingerprint density at radius 2 is 2.50 bits per heavy atom. The van der Waals surface area contributed by atoms with Crippen LogP contribution in [0.3, 0.4) is 0 Å². The Balaban J connectivity index is 2.70. The molecule has 0 aromatic rings. The highest BCUT2D eigenvalue weighted by atomic mass is 15.1. The molecule has 0 fully saturated rings. The molecule has 0 aromatic carbocycles. The Morgan fingerprint density at radius 1 is 1.70 bits per heavy atom. The first-order chi connectivity index (χ1) is 4.84. The van der Waals surface area contributed by atoms with Crippen LogP contribution in [0.25, 0.3) is 0 Å². The molecule has 0 aromatic heterocycles. The lowest BCUT2D eigenvalue weighted by Crippen LogP contribution is -2.13. The largest absolute Gasteiger partial charge is 0.309 e. The Labute approximate surface area is 60.9 Å². The molecule has 10 heavy (non-hydrogen) atoms. The van der Waals surface area contributed by atoms with E-state index in [-0.39, 0.29) is 0 Å². The van der Waals surface area contributed by atoms with Crippen molar-refractivity contribution in [3.63, 3.8) is 0 Å². The van der Waals surface area contributed by atoms with E-state index in [9.17, 15) is 0 Å². The minimum absolute atomic E-state index is 0.938. The third-order valence-electron chi connectivity index (χ3n) is 1.19. The maximum atomic E-state index is 3.94. The molecule has 52 valence electrons. The summed E-state index contributed by atoms with van der Waals surface area (Å²) in [6.07, 6.45) is 9.16. The SMILES string of the molecule is C=C1C=CN=CN1/C=C\C. The number of aliphatic imine (C=N–C) groups is 1. The fourth-order valence-electron chi connectivity index (χ4n) is 0.694. The van der Waals surface area contributed by atoms with Gasteiger partial charge in [0.05, 0.1) is 6.34 Å². The van der Waals surface area contributed by atoms with Crippen LogP contribution in [0, 0.1) is 0 Å². The Bertz CT molecular complexity index is 211. The molecule has 1 heterocycles. The predicted molar refractivity (Wildman–Crippen MR) is 43.4 cm³/mol. The molecular weight excluding hydrogens is 124 g/mol. The zero-order chi connectivity index (χ0) is 7.40. The van der Waals surface area contributed by atoms with E-state index in [4.69, 9.17) is 0 Å². The average Bonchev–Trinajstić information content (AvgIpc) is 1.94. The molecule has 0 radical (unpaired) electrons. The van der Waals surface area contributed by atoms with Gasteiger partial charge in [-0.2, -0.15) is 0 Å². The van der Waals surface area contributed by atoms with Crippen LogP contribution < -0.4 is 0 Å². The number of hydrogen-bond acceptors (Lipinski definition) is 2. The van der Waals surface area contributed by atoms with Gasteiger partial charge in [0.2, 0.25) is 0 Å². The fraction of sp³-hybridized carbons (Fsp3) is 0.125. The maximum Gasteiger partial charge on any atom is 0.0990 e. The molecule has 0 saturated carbocycles. The van der Waals surface area contributed by atoms with Crippen LogP contribution >= 0.6 is 0 Å². The van der Waals surface area contributed by atoms with Crippen molar-refractivity contribution < 1.29 is 0 Å². The van der Waals surface area contributed by atoms with Crippen molar-refractivity contribution in [2.24, 2.45) is 4.99 Å². The van der Waals surface area contributed by atoms with Crippen molar-refractivity contribution in [1.82, 2.24) is 4.90 Å². The predicted octanol–water partition coefficient (Wildman–Crippen LogP) is 1.89. The van der Waals surface area contributed by atoms with Crippen molar-refractivity contribution in [1.29, 1.82) is 0 Å². The average molecular weight is 134 g/mol. The summed E-state index contributed by atoms with van der Waals surface area (Å²) in [4.78, 5) is 5.80. The lowest BCUT2D eigenvalue weighted by molar-refractivity contribution is 0.729. The van der Waals surface area contributed by atoms with Crippen LogP contribution in [-0.2, 0) is 0 Å². The second-order valence-electron chi connectivity index (χ2n) is 1.96.